The molecule has 1 aromatic heterocycles. The van der Waals surface area contributed by atoms with Crippen molar-refractivity contribution >= 4 is 11.8 Å². The molecular weight excluding hydrogens is 273 g/mol. The summed E-state index contributed by atoms with van der Waals surface area (Å²) in [5.41, 5.74) is 6.96. The molecule has 0 aliphatic heterocycles. The molecule has 1 heterocycles. The van der Waals surface area contributed by atoms with Gasteiger partial charge in [0.15, 0.2) is 0 Å². The van der Waals surface area contributed by atoms with Gasteiger partial charge in [-0.3, -0.25) is 0 Å². The maximum absolute atomic E-state index is 12.8. The molecule has 2 N–H and O–H groups in total. The van der Waals surface area contributed by atoms with E-state index >= 15 is 0 Å². The minimum atomic E-state index is -0.220. The minimum absolute atomic E-state index is 0.165. The SMILES string of the molecule is CCC(N)Cc1cnc(CSc2ccc(F)cc2)nc1. The van der Waals surface area contributed by atoms with Crippen LogP contribution in [-0.2, 0) is 12.2 Å². The first-order valence-corrected chi connectivity index (χ1v) is 7.59. The molecule has 1 aromatic carbocycles. The van der Waals surface area contributed by atoms with Crippen LogP contribution in [0.1, 0.15) is 24.7 Å². The van der Waals surface area contributed by atoms with Gasteiger partial charge < -0.3 is 5.73 Å². The summed E-state index contributed by atoms with van der Waals surface area (Å²) in [4.78, 5) is 9.68. The van der Waals surface area contributed by atoms with Crippen LogP contribution >= 0.6 is 11.8 Å². The first-order chi connectivity index (χ1) is 9.67. The van der Waals surface area contributed by atoms with Gasteiger partial charge in [0.05, 0.1) is 5.75 Å². The lowest BCUT2D eigenvalue weighted by atomic mass is 10.1. The van der Waals surface area contributed by atoms with Crippen molar-refractivity contribution in [2.24, 2.45) is 5.73 Å². The molecular formula is C15H18FN3S. The van der Waals surface area contributed by atoms with Crippen LogP contribution in [-0.4, -0.2) is 16.0 Å². The molecule has 1 atom stereocenters. The lowest BCUT2D eigenvalue weighted by molar-refractivity contribution is 0.626. The second-order valence-electron chi connectivity index (χ2n) is 4.62. The Morgan fingerprint density at radius 2 is 1.85 bits per heavy atom. The Morgan fingerprint density at radius 3 is 2.45 bits per heavy atom. The molecule has 0 fully saturated rings. The Bertz CT molecular complexity index is 528. The van der Waals surface area contributed by atoms with Gasteiger partial charge >= 0.3 is 0 Å². The van der Waals surface area contributed by atoms with Gasteiger partial charge in [0.25, 0.3) is 0 Å². The fraction of sp³-hybridized carbons (Fsp3) is 0.333. The summed E-state index contributed by atoms with van der Waals surface area (Å²) in [6, 6.07) is 6.60. The van der Waals surface area contributed by atoms with E-state index in [2.05, 4.69) is 16.9 Å². The first-order valence-electron chi connectivity index (χ1n) is 6.61. The van der Waals surface area contributed by atoms with Crippen molar-refractivity contribution in [3.05, 3.63) is 53.9 Å². The summed E-state index contributed by atoms with van der Waals surface area (Å²) >= 11 is 1.59. The van der Waals surface area contributed by atoms with E-state index in [1.165, 1.54) is 12.1 Å². The monoisotopic (exact) mass is 291 g/mol. The smallest absolute Gasteiger partial charge is 0.138 e. The average Bonchev–Trinajstić information content (AvgIpc) is 2.48. The van der Waals surface area contributed by atoms with Gasteiger partial charge in [-0.25, -0.2) is 14.4 Å². The molecule has 0 aliphatic carbocycles. The van der Waals surface area contributed by atoms with Crippen molar-refractivity contribution in [1.82, 2.24) is 9.97 Å². The van der Waals surface area contributed by atoms with Crippen LogP contribution in [0.4, 0.5) is 4.39 Å². The number of hydrogen-bond acceptors (Lipinski definition) is 4. The molecule has 1 unspecified atom stereocenters. The number of thioether (sulfide) groups is 1. The van der Waals surface area contributed by atoms with Gasteiger partial charge in [-0.05, 0) is 42.7 Å². The fourth-order valence-corrected chi connectivity index (χ4v) is 2.46. The van der Waals surface area contributed by atoms with Crippen LogP contribution in [0, 0.1) is 5.82 Å². The van der Waals surface area contributed by atoms with E-state index in [0.29, 0.717) is 5.75 Å². The Balaban J connectivity index is 1.89. The number of benzene rings is 1. The highest BCUT2D eigenvalue weighted by molar-refractivity contribution is 7.98. The topological polar surface area (TPSA) is 51.8 Å². The molecule has 106 valence electrons. The molecule has 0 saturated carbocycles. The normalized spacial score (nSPS) is 12.3. The van der Waals surface area contributed by atoms with Gasteiger partial charge in [-0.15, -0.1) is 11.8 Å². The van der Waals surface area contributed by atoms with Gasteiger partial charge in [0, 0.05) is 23.3 Å². The van der Waals surface area contributed by atoms with E-state index in [4.69, 9.17) is 5.73 Å². The van der Waals surface area contributed by atoms with Crippen LogP contribution in [0.3, 0.4) is 0 Å². The van der Waals surface area contributed by atoms with Gasteiger partial charge in [-0.2, -0.15) is 0 Å². The van der Waals surface area contributed by atoms with E-state index in [1.54, 1.807) is 23.9 Å². The van der Waals surface area contributed by atoms with Crippen molar-refractivity contribution in [3.63, 3.8) is 0 Å². The highest BCUT2D eigenvalue weighted by atomic mass is 32.2. The number of hydrogen-bond donors (Lipinski definition) is 1. The maximum Gasteiger partial charge on any atom is 0.138 e. The largest absolute Gasteiger partial charge is 0.327 e. The van der Waals surface area contributed by atoms with Crippen LogP contribution in [0.15, 0.2) is 41.6 Å². The third kappa shape index (κ3) is 4.58. The summed E-state index contributed by atoms with van der Waals surface area (Å²) in [6.45, 7) is 2.07. The van der Waals surface area contributed by atoms with Gasteiger partial charge in [0.1, 0.15) is 11.6 Å². The zero-order valence-electron chi connectivity index (χ0n) is 11.4. The zero-order valence-corrected chi connectivity index (χ0v) is 12.2. The highest BCUT2D eigenvalue weighted by Gasteiger charge is 2.04. The highest BCUT2D eigenvalue weighted by Crippen LogP contribution is 2.21. The summed E-state index contributed by atoms with van der Waals surface area (Å²) in [5, 5.41) is 0. The number of nitrogens with zero attached hydrogens (tertiary/aromatic N) is 2. The average molecular weight is 291 g/mol. The summed E-state index contributed by atoms with van der Waals surface area (Å²) < 4.78 is 12.8. The first kappa shape index (κ1) is 14.9. The fourth-order valence-electron chi connectivity index (χ4n) is 1.69. The molecule has 2 aromatic rings. The molecule has 5 heteroatoms. The lowest BCUT2D eigenvalue weighted by Gasteiger charge is -2.08. The lowest BCUT2D eigenvalue weighted by Crippen LogP contribution is -2.21. The third-order valence-electron chi connectivity index (χ3n) is 2.96. The van der Waals surface area contributed by atoms with E-state index in [1.807, 2.05) is 12.4 Å². The Hall–Kier alpha value is -1.46. The number of halogens is 1. The van der Waals surface area contributed by atoms with Crippen LogP contribution in [0.2, 0.25) is 0 Å². The number of rotatable bonds is 6. The van der Waals surface area contributed by atoms with Crippen molar-refractivity contribution in [1.29, 1.82) is 0 Å². The number of aromatic nitrogens is 2. The Kier molecular flexibility index (Phi) is 5.49. The summed E-state index contributed by atoms with van der Waals surface area (Å²) in [6.07, 6.45) is 5.43. The van der Waals surface area contributed by atoms with Crippen LogP contribution in [0.5, 0.6) is 0 Å². The molecule has 0 spiro atoms. The van der Waals surface area contributed by atoms with E-state index < -0.39 is 0 Å². The van der Waals surface area contributed by atoms with Crippen LogP contribution in [0.25, 0.3) is 0 Å². The standard InChI is InChI=1S/C15H18FN3S/c1-2-13(17)7-11-8-18-15(19-9-11)10-20-14-5-3-12(16)4-6-14/h3-6,8-9,13H,2,7,10,17H2,1H3. The summed E-state index contributed by atoms with van der Waals surface area (Å²) in [5.74, 6) is 1.22. The minimum Gasteiger partial charge on any atom is -0.327 e. The van der Waals surface area contributed by atoms with Crippen molar-refractivity contribution in [3.8, 4) is 0 Å². The second-order valence-corrected chi connectivity index (χ2v) is 5.67. The Labute approximate surface area is 122 Å². The van der Waals surface area contributed by atoms with Crippen molar-refractivity contribution in [2.45, 2.75) is 36.5 Å². The second kappa shape index (κ2) is 7.36. The van der Waals surface area contributed by atoms with Crippen LogP contribution < -0.4 is 5.73 Å². The molecule has 0 saturated heterocycles. The quantitative estimate of drug-likeness (QED) is 0.830. The van der Waals surface area contributed by atoms with Crippen molar-refractivity contribution < 1.29 is 4.39 Å². The molecule has 2 rings (SSSR count). The van der Waals surface area contributed by atoms with Crippen molar-refractivity contribution in [2.75, 3.05) is 0 Å². The molecule has 0 bridgehead atoms. The number of nitrogens with two attached hydrogens (primary N) is 1. The Morgan fingerprint density at radius 1 is 1.20 bits per heavy atom. The predicted molar refractivity (Wildman–Crippen MR) is 80.0 cm³/mol. The van der Waals surface area contributed by atoms with E-state index in [9.17, 15) is 4.39 Å². The van der Waals surface area contributed by atoms with E-state index in [0.717, 1.165) is 29.1 Å². The van der Waals surface area contributed by atoms with Gasteiger partial charge in [0.2, 0.25) is 0 Å². The molecule has 20 heavy (non-hydrogen) atoms. The molecule has 0 amide bonds. The predicted octanol–water partition coefficient (Wildman–Crippen LogP) is 3.19. The molecule has 0 radical (unpaired) electrons. The van der Waals surface area contributed by atoms with Gasteiger partial charge in [-0.1, -0.05) is 6.92 Å². The zero-order chi connectivity index (χ0) is 14.4. The molecule has 3 nitrogen and oxygen atoms in total. The van der Waals surface area contributed by atoms with E-state index in [-0.39, 0.29) is 11.9 Å². The third-order valence-corrected chi connectivity index (χ3v) is 3.97. The maximum atomic E-state index is 12.8. The summed E-state index contributed by atoms with van der Waals surface area (Å²) in [7, 11) is 0. The molecule has 0 aliphatic rings.